The molecule has 4 nitrogen and oxygen atoms in total. The van der Waals surface area contributed by atoms with Crippen LogP contribution in [0.15, 0.2) is 36.0 Å². The number of hydrogen-bond acceptors (Lipinski definition) is 3. The van der Waals surface area contributed by atoms with Crippen molar-refractivity contribution in [2.45, 2.75) is 20.3 Å². The Kier molecular flexibility index (Phi) is 6.24. The van der Waals surface area contributed by atoms with Crippen molar-refractivity contribution in [2.75, 3.05) is 11.9 Å². The minimum Gasteiger partial charge on any atom is -0.390 e. The van der Waals surface area contributed by atoms with Gasteiger partial charge in [-0.15, -0.1) is 0 Å². The molecule has 0 heterocycles. The van der Waals surface area contributed by atoms with Crippen LogP contribution in [0.4, 0.5) is 10.1 Å². The average molecular weight is 275 g/mol. The zero-order valence-corrected chi connectivity index (χ0v) is 11.6. The predicted octanol–water partition coefficient (Wildman–Crippen LogP) is 2.81. The summed E-state index contributed by atoms with van der Waals surface area (Å²) >= 11 is 0. The van der Waals surface area contributed by atoms with Gasteiger partial charge in [0.25, 0.3) is 5.91 Å². The van der Waals surface area contributed by atoms with Gasteiger partial charge in [0, 0.05) is 18.4 Å². The zero-order chi connectivity index (χ0) is 15.0. The zero-order valence-electron chi connectivity index (χ0n) is 11.6. The molecule has 1 aromatic carbocycles. The van der Waals surface area contributed by atoms with E-state index in [0.29, 0.717) is 18.2 Å². The molecule has 0 saturated heterocycles. The van der Waals surface area contributed by atoms with Crippen LogP contribution in [0.3, 0.4) is 0 Å². The summed E-state index contributed by atoms with van der Waals surface area (Å²) in [6.45, 7) is 4.89. The maximum Gasteiger partial charge on any atom is 0.267 e. The van der Waals surface area contributed by atoms with E-state index in [0.717, 1.165) is 6.42 Å². The molecule has 1 rings (SSSR count). The molecule has 20 heavy (non-hydrogen) atoms. The van der Waals surface area contributed by atoms with E-state index < -0.39 is 5.91 Å². The van der Waals surface area contributed by atoms with Gasteiger partial charge in [-0.05, 0) is 36.6 Å². The van der Waals surface area contributed by atoms with Gasteiger partial charge in [0.15, 0.2) is 0 Å². The number of amides is 1. The number of carbonyl (C=O) groups is 1. The second kappa shape index (κ2) is 7.95. The highest BCUT2D eigenvalue weighted by Gasteiger charge is 2.09. The summed E-state index contributed by atoms with van der Waals surface area (Å²) in [6.07, 6.45) is 2.36. The third-order valence-electron chi connectivity index (χ3n) is 2.58. The van der Waals surface area contributed by atoms with Gasteiger partial charge in [0.05, 0.1) is 0 Å². The van der Waals surface area contributed by atoms with Crippen LogP contribution in [0.1, 0.15) is 20.3 Å². The Morgan fingerprint density at radius 1 is 1.40 bits per heavy atom. The van der Waals surface area contributed by atoms with Crippen molar-refractivity contribution in [2.24, 2.45) is 5.92 Å². The quantitative estimate of drug-likeness (QED) is 0.476. The van der Waals surface area contributed by atoms with Gasteiger partial charge >= 0.3 is 0 Å². The molecule has 0 aliphatic carbocycles. The summed E-state index contributed by atoms with van der Waals surface area (Å²) < 4.78 is 12.7. The highest BCUT2D eigenvalue weighted by atomic mass is 19.1. The fraction of sp³-hybridized carbons (Fsp3) is 0.333. The Bertz CT molecular complexity index is 515. The molecule has 0 spiro atoms. The monoisotopic (exact) mass is 275 g/mol. The molecule has 0 aliphatic rings. The Balaban J connectivity index is 2.56. The minimum atomic E-state index is -0.517. The van der Waals surface area contributed by atoms with Crippen molar-refractivity contribution in [3.63, 3.8) is 0 Å². The van der Waals surface area contributed by atoms with Crippen LogP contribution in [0.5, 0.6) is 0 Å². The molecule has 0 aromatic heterocycles. The van der Waals surface area contributed by atoms with Crippen LogP contribution in [0.2, 0.25) is 0 Å². The molecule has 0 bridgehead atoms. The molecule has 2 N–H and O–H groups in total. The highest BCUT2D eigenvalue weighted by Crippen LogP contribution is 2.09. The second-order valence-electron chi connectivity index (χ2n) is 4.77. The van der Waals surface area contributed by atoms with Gasteiger partial charge in [-0.25, -0.2) is 4.39 Å². The molecule has 1 aromatic rings. The predicted molar refractivity (Wildman–Crippen MR) is 76.2 cm³/mol. The molecule has 5 heteroatoms. The SMILES string of the molecule is CC(C)CCN/C=C(/C#N)C(=O)Nc1ccc(F)cc1. The highest BCUT2D eigenvalue weighted by molar-refractivity contribution is 6.06. The van der Waals surface area contributed by atoms with Gasteiger partial charge in [0.1, 0.15) is 17.5 Å². The smallest absolute Gasteiger partial charge is 0.267 e. The van der Waals surface area contributed by atoms with E-state index in [4.69, 9.17) is 5.26 Å². The molecular weight excluding hydrogens is 257 g/mol. The Hall–Kier alpha value is -2.35. The molecule has 0 radical (unpaired) electrons. The number of rotatable bonds is 6. The first-order chi connectivity index (χ1) is 9.52. The maximum atomic E-state index is 12.7. The lowest BCUT2D eigenvalue weighted by molar-refractivity contribution is -0.112. The third-order valence-corrected chi connectivity index (χ3v) is 2.58. The van der Waals surface area contributed by atoms with Crippen LogP contribution in [0.25, 0.3) is 0 Å². The molecule has 0 fully saturated rings. The van der Waals surface area contributed by atoms with E-state index in [2.05, 4.69) is 24.5 Å². The van der Waals surface area contributed by atoms with Crippen LogP contribution in [-0.2, 0) is 4.79 Å². The van der Waals surface area contributed by atoms with Crippen LogP contribution in [0, 0.1) is 23.1 Å². The molecular formula is C15H18FN3O. The lowest BCUT2D eigenvalue weighted by Gasteiger charge is -2.06. The number of benzene rings is 1. The number of halogens is 1. The van der Waals surface area contributed by atoms with Crippen LogP contribution in [-0.4, -0.2) is 12.5 Å². The molecule has 106 valence electrons. The second-order valence-corrected chi connectivity index (χ2v) is 4.77. The van der Waals surface area contributed by atoms with E-state index in [-0.39, 0.29) is 11.4 Å². The standard InChI is InChI=1S/C15H18FN3O/c1-11(2)7-8-18-10-12(9-17)15(20)19-14-5-3-13(16)4-6-14/h3-6,10-11,18H,7-8H2,1-2H3,(H,19,20)/b12-10-. The van der Waals surface area contributed by atoms with E-state index in [1.54, 1.807) is 0 Å². The van der Waals surface area contributed by atoms with Crippen molar-refractivity contribution in [3.05, 3.63) is 41.9 Å². The van der Waals surface area contributed by atoms with Crippen molar-refractivity contribution in [3.8, 4) is 6.07 Å². The number of carbonyl (C=O) groups excluding carboxylic acids is 1. The fourth-order valence-electron chi connectivity index (χ4n) is 1.43. The van der Waals surface area contributed by atoms with Gasteiger partial charge in [0.2, 0.25) is 0 Å². The van der Waals surface area contributed by atoms with Crippen molar-refractivity contribution >= 4 is 11.6 Å². The first kappa shape index (κ1) is 15.7. The minimum absolute atomic E-state index is 0.0157. The van der Waals surface area contributed by atoms with Crippen LogP contribution >= 0.6 is 0 Å². The molecule has 0 atom stereocenters. The van der Waals surface area contributed by atoms with Gasteiger partial charge < -0.3 is 10.6 Å². The summed E-state index contributed by atoms with van der Waals surface area (Å²) in [5.74, 6) is -0.347. The normalized spacial score (nSPS) is 11.1. The third kappa shape index (κ3) is 5.53. The number of hydrogen-bond donors (Lipinski definition) is 2. The summed E-state index contributed by atoms with van der Waals surface area (Å²) in [5, 5.41) is 14.4. The van der Waals surface area contributed by atoms with Crippen molar-refractivity contribution in [1.29, 1.82) is 5.26 Å². The first-order valence-corrected chi connectivity index (χ1v) is 6.43. The number of nitrogens with zero attached hydrogens (tertiary/aromatic N) is 1. The molecule has 0 unspecified atom stereocenters. The van der Waals surface area contributed by atoms with E-state index in [1.807, 2.05) is 6.07 Å². The lowest BCUT2D eigenvalue weighted by Crippen LogP contribution is -2.17. The Labute approximate surface area is 118 Å². The molecule has 0 aliphatic heterocycles. The maximum absolute atomic E-state index is 12.7. The molecule has 1 amide bonds. The number of nitriles is 1. The largest absolute Gasteiger partial charge is 0.390 e. The summed E-state index contributed by atoms with van der Waals surface area (Å²) in [7, 11) is 0. The summed E-state index contributed by atoms with van der Waals surface area (Å²) in [5.41, 5.74) is 0.429. The Morgan fingerprint density at radius 3 is 2.60 bits per heavy atom. The van der Waals surface area contributed by atoms with Crippen molar-refractivity contribution in [1.82, 2.24) is 5.32 Å². The lowest BCUT2D eigenvalue weighted by atomic mass is 10.1. The number of nitrogens with one attached hydrogen (secondary N) is 2. The van der Waals surface area contributed by atoms with Gasteiger partial charge in [-0.1, -0.05) is 13.8 Å². The average Bonchev–Trinajstić information content (AvgIpc) is 2.41. The molecule has 0 saturated carbocycles. The Morgan fingerprint density at radius 2 is 2.05 bits per heavy atom. The fourth-order valence-corrected chi connectivity index (χ4v) is 1.43. The van der Waals surface area contributed by atoms with Crippen LogP contribution < -0.4 is 10.6 Å². The summed E-state index contributed by atoms with van der Waals surface area (Å²) in [4.78, 5) is 11.8. The van der Waals surface area contributed by atoms with E-state index in [1.165, 1.54) is 30.5 Å². The van der Waals surface area contributed by atoms with Crippen molar-refractivity contribution < 1.29 is 9.18 Å². The topological polar surface area (TPSA) is 64.9 Å². The first-order valence-electron chi connectivity index (χ1n) is 6.43. The summed E-state index contributed by atoms with van der Waals surface area (Å²) in [6, 6.07) is 7.20. The van der Waals surface area contributed by atoms with Gasteiger partial charge in [-0.2, -0.15) is 5.26 Å². The van der Waals surface area contributed by atoms with E-state index >= 15 is 0 Å². The van der Waals surface area contributed by atoms with Gasteiger partial charge in [-0.3, -0.25) is 4.79 Å². The van der Waals surface area contributed by atoms with E-state index in [9.17, 15) is 9.18 Å². The number of anilines is 1.